The van der Waals surface area contributed by atoms with Crippen molar-refractivity contribution in [3.63, 3.8) is 0 Å². The molecule has 0 spiro atoms. The molecule has 0 aromatic heterocycles. The average molecular weight is 1540 g/mol. The standard InChI is InChI=1S/C89H152O16P2/c1-4-7-10-13-16-19-22-25-27-29-31-33-35-36-37-38-39-40-41-42-43-44-45-46-48-50-51-53-55-58-60-63-66-69-72-75-87(92)99-78-84(90)79-101-106(95,96)102-80-85(91)81-103-107(97,98)104-83-86(105-89(94)77-74-71-68-65-62-57-24-21-18-15-12-9-6-3)82-100-88(93)76-73-70-67-64-61-59-56-54-52-49-47-34-32-30-28-26-23-20-17-14-11-8-5-2/h7-8,10-11,16-17,19-21,24-28,31-34,36-37,39-40,49,52,84-86,90-91H,4-6,9,12-15,18,22-23,29-30,35,38,41-48,50-51,53-83H2,1-3H3,(H,95,96)(H,97,98)/b10-7-,11-8-,19-16-,20-17-,24-21-,27-25-,28-26-,33-31-,34-32-,37-36-,40-39-,52-49-. The van der Waals surface area contributed by atoms with Crippen molar-refractivity contribution in [2.75, 3.05) is 39.6 Å². The molecule has 0 aromatic rings. The average Bonchev–Trinajstić information content (AvgIpc) is 0.909. The molecular formula is C89H152O16P2. The first-order valence-electron chi connectivity index (χ1n) is 42.1. The second kappa shape index (κ2) is 80.9. The molecule has 0 bridgehead atoms. The maximum absolute atomic E-state index is 13.0. The van der Waals surface area contributed by atoms with Crippen LogP contribution >= 0.6 is 15.6 Å². The molecule has 5 unspecified atom stereocenters. The van der Waals surface area contributed by atoms with Crippen LogP contribution in [0.1, 0.15) is 342 Å². The van der Waals surface area contributed by atoms with E-state index in [1.165, 1.54) is 109 Å². The number of aliphatic hydroxyl groups is 2. The molecule has 0 rings (SSSR count). The van der Waals surface area contributed by atoms with Crippen LogP contribution in [0.25, 0.3) is 0 Å². The van der Waals surface area contributed by atoms with Crippen molar-refractivity contribution in [2.45, 2.75) is 360 Å². The molecule has 0 heterocycles. The smallest absolute Gasteiger partial charge is 0.463 e. The molecule has 18 heteroatoms. The van der Waals surface area contributed by atoms with Crippen LogP contribution in [0.2, 0.25) is 0 Å². The van der Waals surface area contributed by atoms with Gasteiger partial charge in [0, 0.05) is 19.3 Å². The van der Waals surface area contributed by atoms with Crippen molar-refractivity contribution in [2.24, 2.45) is 0 Å². The van der Waals surface area contributed by atoms with Crippen LogP contribution in [0.15, 0.2) is 146 Å². The highest BCUT2D eigenvalue weighted by atomic mass is 31.2. The summed E-state index contributed by atoms with van der Waals surface area (Å²) in [5.74, 6) is -1.59. The largest absolute Gasteiger partial charge is 0.472 e. The number of hydrogen-bond donors (Lipinski definition) is 4. The monoisotopic (exact) mass is 1540 g/mol. The highest BCUT2D eigenvalue weighted by Gasteiger charge is 2.29. The van der Waals surface area contributed by atoms with Crippen molar-refractivity contribution < 1.29 is 75.8 Å². The van der Waals surface area contributed by atoms with Crippen LogP contribution in [0, 0.1) is 0 Å². The summed E-state index contributed by atoms with van der Waals surface area (Å²) in [5.41, 5.74) is 0. The molecule has 614 valence electrons. The van der Waals surface area contributed by atoms with Crippen LogP contribution in [-0.4, -0.2) is 95.9 Å². The molecule has 0 saturated heterocycles. The number of aliphatic hydroxyl groups excluding tert-OH is 2. The fourth-order valence-corrected chi connectivity index (χ4v) is 12.8. The van der Waals surface area contributed by atoms with Crippen molar-refractivity contribution in [3.05, 3.63) is 146 Å². The zero-order chi connectivity index (χ0) is 78.0. The lowest BCUT2D eigenvalue weighted by molar-refractivity contribution is -0.161. The summed E-state index contributed by atoms with van der Waals surface area (Å²) in [6, 6.07) is 0. The summed E-state index contributed by atoms with van der Waals surface area (Å²) in [7, 11) is -9.80. The molecular weight excluding hydrogens is 1390 g/mol. The Morgan fingerprint density at radius 1 is 0.271 bits per heavy atom. The first kappa shape index (κ1) is 102. The van der Waals surface area contributed by atoms with Crippen LogP contribution < -0.4 is 0 Å². The molecule has 4 N–H and O–H groups in total. The summed E-state index contributed by atoms with van der Waals surface area (Å²) in [6.45, 7) is 2.43. The lowest BCUT2D eigenvalue weighted by atomic mass is 10.0. The normalized spacial score (nSPS) is 14.6. The SMILES string of the molecule is CC/C=C\C/C=C\C/C=C\C/C=C\C/C=C\C/C=C\CCCCCCCCCCCCCCCCCCC(=O)OCC(O)COP(=O)(O)OCC(O)COP(=O)(O)OCC(COC(=O)CCCCCCCCC/C=C\C/C=C\C/C=C\C/C=C\C/C=C\CC)OC(=O)CCCCCCC/C=C\CCCCCC. The van der Waals surface area contributed by atoms with E-state index in [-0.39, 0.29) is 19.3 Å². The minimum Gasteiger partial charge on any atom is -0.463 e. The van der Waals surface area contributed by atoms with E-state index in [1.54, 1.807) is 0 Å². The molecule has 0 aliphatic heterocycles. The third-order valence-corrected chi connectivity index (χ3v) is 19.4. The second-order valence-corrected chi connectivity index (χ2v) is 30.8. The Morgan fingerprint density at radius 3 is 0.794 bits per heavy atom. The topological polar surface area (TPSA) is 231 Å². The van der Waals surface area contributed by atoms with Crippen LogP contribution in [0.4, 0.5) is 0 Å². The van der Waals surface area contributed by atoms with E-state index in [4.69, 9.17) is 32.3 Å². The fraction of sp³-hybridized carbons (Fsp3) is 0.697. The number of phosphoric ester groups is 2. The molecule has 0 aromatic carbocycles. The second-order valence-electron chi connectivity index (χ2n) is 27.9. The molecule has 0 aliphatic carbocycles. The minimum absolute atomic E-state index is 0.0900. The van der Waals surface area contributed by atoms with Gasteiger partial charge in [-0.1, -0.05) is 327 Å². The summed E-state index contributed by atoms with van der Waals surface area (Å²) < 4.78 is 61.2. The third kappa shape index (κ3) is 82.2. The lowest BCUT2D eigenvalue weighted by Crippen LogP contribution is -2.30. The maximum Gasteiger partial charge on any atom is 0.472 e. The Labute approximate surface area is 651 Å². The highest BCUT2D eigenvalue weighted by Crippen LogP contribution is 2.45. The van der Waals surface area contributed by atoms with Crippen molar-refractivity contribution >= 4 is 33.6 Å². The van der Waals surface area contributed by atoms with Gasteiger partial charge in [0.2, 0.25) is 0 Å². The Hall–Kier alpha value is -4.57. The predicted octanol–water partition coefficient (Wildman–Crippen LogP) is 25.2. The Kier molecular flexibility index (Phi) is 77.5. The number of esters is 3. The van der Waals surface area contributed by atoms with Gasteiger partial charge in [-0.15, -0.1) is 0 Å². The van der Waals surface area contributed by atoms with E-state index >= 15 is 0 Å². The maximum atomic E-state index is 13.0. The van der Waals surface area contributed by atoms with Crippen molar-refractivity contribution in [1.29, 1.82) is 0 Å². The van der Waals surface area contributed by atoms with E-state index < -0.39 is 91.5 Å². The first-order valence-corrected chi connectivity index (χ1v) is 45.1. The zero-order valence-electron chi connectivity index (χ0n) is 67.3. The van der Waals surface area contributed by atoms with Crippen molar-refractivity contribution in [1.82, 2.24) is 0 Å². The van der Waals surface area contributed by atoms with Gasteiger partial charge in [0.1, 0.15) is 25.4 Å². The number of allylic oxidation sites excluding steroid dienone is 24. The van der Waals surface area contributed by atoms with Crippen LogP contribution in [-0.2, 0) is 55.8 Å². The zero-order valence-corrected chi connectivity index (χ0v) is 69.1. The predicted molar refractivity (Wildman–Crippen MR) is 445 cm³/mol. The number of hydrogen-bond acceptors (Lipinski definition) is 14. The summed E-state index contributed by atoms with van der Waals surface area (Å²) in [4.78, 5) is 58.7. The van der Waals surface area contributed by atoms with Crippen LogP contribution in [0.3, 0.4) is 0 Å². The van der Waals surface area contributed by atoms with E-state index in [0.717, 1.165) is 173 Å². The molecule has 0 radical (unpaired) electrons. The summed E-state index contributed by atoms with van der Waals surface area (Å²) >= 11 is 0. The molecule has 0 fully saturated rings. The van der Waals surface area contributed by atoms with Gasteiger partial charge in [-0.3, -0.25) is 32.5 Å². The summed E-state index contributed by atoms with van der Waals surface area (Å²) in [5, 5.41) is 20.7. The number of carbonyl (C=O) groups is 3. The van der Waals surface area contributed by atoms with Gasteiger partial charge >= 0.3 is 33.6 Å². The fourth-order valence-electron chi connectivity index (χ4n) is 11.2. The Balaban J connectivity index is 4.41. The van der Waals surface area contributed by atoms with Gasteiger partial charge in [-0.05, 0) is 141 Å². The molecule has 107 heavy (non-hydrogen) atoms. The number of ether oxygens (including phenoxy) is 3. The lowest BCUT2D eigenvalue weighted by Gasteiger charge is -2.21. The Bertz CT molecular complexity index is 2530. The van der Waals surface area contributed by atoms with E-state index in [0.29, 0.717) is 19.3 Å². The van der Waals surface area contributed by atoms with Crippen molar-refractivity contribution in [3.8, 4) is 0 Å². The summed E-state index contributed by atoms with van der Waals surface area (Å²) in [6.07, 6.45) is 101. The van der Waals surface area contributed by atoms with Gasteiger partial charge in [-0.2, -0.15) is 0 Å². The number of phosphoric acid groups is 2. The Morgan fingerprint density at radius 2 is 0.495 bits per heavy atom. The quantitative estimate of drug-likeness (QED) is 0.0146. The molecule has 0 saturated carbocycles. The number of carbonyl (C=O) groups excluding carboxylic acids is 3. The van der Waals surface area contributed by atoms with Gasteiger partial charge in [0.05, 0.1) is 26.4 Å². The number of unbranched alkanes of at least 4 members (excludes halogenated alkanes) is 32. The molecule has 0 aliphatic rings. The van der Waals surface area contributed by atoms with E-state index in [1.807, 2.05) is 0 Å². The van der Waals surface area contributed by atoms with Gasteiger partial charge < -0.3 is 34.2 Å². The van der Waals surface area contributed by atoms with Crippen LogP contribution in [0.5, 0.6) is 0 Å². The molecule has 0 amide bonds. The van der Waals surface area contributed by atoms with Gasteiger partial charge in [0.25, 0.3) is 0 Å². The van der Waals surface area contributed by atoms with Gasteiger partial charge in [-0.25, -0.2) is 9.13 Å². The minimum atomic E-state index is -4.94. The third-order valence-electron chi connectivity index (χ3n) is 17.5. The first-order chi connectivity index (χ1) is 52.2. The number of rotatable bonds is 79. The highest BCUT2D eigenvalue weighted by molar-refractivity contribution is 7.47. The molecule has 5 atom stereocenters. The van der Waals surface area contributed by atoms with Gasteiger partial charge in [0.15, 0.2) is 6.10 Å². The van der Waals surface area contributed by atoms with E-state index in [2.05, 4.69) is 167 Å². The van der Waals surface area contributed by atoms with E-state index in [9.17, 15) is 43.5 Å². The molecule has 16 nitrogen and oxygen atoms in total.